The number of phenolic OH excluding ortho intramolecular Hbond substituents is 1. The van der Waals surface area contributed by atoms with Crippen molar-refractivity contribution in [2.24, 2.45) is 0 Å². The molecule has 0 saturated carbocycles. The molecule has 4 heteroatoms. The maximum Gasteiger partial charge on any atom is 0.185 e. The number of hydrogen-bond acceptors (Lipinski definition) is 2. The summed E-state index contributed by atoms with van der Waals surface area (Å²) in [7, 11) is 3.05. The van der Waals surface area contributed by atoms with Gasteiger partial charge >= 0.3 is 0 Å². The van der Waals surface area contributed by atoms with Crippen LogP contribution in [0.4, 0.5) is 14.5 Å². The van der Waals surface area contributed by atoms with Crippen LogP contribution in [-0.2, 0) is 0 Å². The summed E-state index contributed by atoms with van der Waals surface area (Å²) in [6, 6.07) is 2.01. The van der Waals surface area contributed by atoms with Crippen molar-refractivity contribution >= 4 is 5.69 Å². The number of phenols is 1. The fraction of sp³-hybridized carbons (Fsp3) is 0.250. The van der Waals surface area contributed by atoms with E-state index < -0.39 is 11.6 Å². The van der Waals surface area contributed by atoms with E-state index in [0.29, 0.717) is 0 Å². The molecule has 0 atom stereocenters. The van der Waals surface area contributed by atoms with Gasteiger partial charge in [-0.15, -0.1) is 0 Å². The molecule has 2 nitrogen and oxygen atoms in total. The number of nitrogens with zero attached hydrogens (tertiary/aromatic N) is 1. The summed E-state index contributed by atoms with van der Waals surface area (Å²) in [6.45, 7) is 0. The molecule has 0 aliphatic carbocycles. The average Bonchev–Trinajstić information content (AvgIpc) is 1.97. The summed E-state index contributed by atoms with van der Waals surface area (Å²) in [5, 5.41) is 9.14. The molecule has 0 fully saturated rings. The van der Waals surface area contributed by atoms with Crippen LogP contribution >= 0.6 is 0 Å². The van der Waals surface area contributed by atoms with Crippen LogP contribution in [0.15, 0.2) is 12.1 Å². The smallest absolute Gasteiger partial charge is 0.185 e. The molecule has 0 spiro atoms. The fourth-order valence-corrected chi connectivity index (χ4v) is 0.955. The van der Waals surface area contributed by atoms with Crippen molar-refractivity contribution in [3.63, 3.8) is 0 Å². The van der Waals surface area contributed by atoms with Crippen LogP contribution in [0.2, 0.25) is 0 Å². The van der Waals surface area contributed by atoms with E-state index in [1.807, 2.05) is 0 Å². The molecule has 0 aliphatic rings. The summed E-state index contributed by atoms with van der Waals surface area (Å²) < 4.78 is 25.5. The minimum atomic E-state index is -1.03. The molecular weight excluding hydrogens is 164 g/mol. The monoisotopic (exact) mass is 173 g/mol. The van der Waals surface area contributed by atoms with Crippen molar-refractivity contribution in [1.82, 2.24) is 0 Å². The Morgan fingerprint density at radius 3 is 2.25 bits per heavy atom. The second-order valence-electron chi connectivity index (χ2n) is 2.62. The van der Waals surface area contributed by atoms with Crippen LogP contribution < -0.4 is 4.90 Å². The zero-order valence-corrected chi connectivity index (χ0v) is 6.81. The Kier molecular flexibility index (Phi) is 2.17. The lowest BCUT2D eigenvalue weighted by Gasteiger charge is -2.14. The van der Waals surface area contributed by atoms with E-state index in [4.69, 9.17) is 5.11 Å². The molecule has 0 unspecified atom stereocenters. The molecule has 0 amide bonds. The lowest BCUT2D eigenvalue weighted by Crippen LogP contribution is -2.11. The van der Waals surface area contributed by atoms with E-state index in [9.17, 15) is 8.78 Å². The van der Waals surface area contributed by atoms with Crippen molar-refractivity contribution in [3.05, 3.63) is 23.8 Å². The summed E-state index contributed by atoms with van der Waals surface area (Å²) in [6.07, 6.45) is 0. The third kappa shape index (κ3) is 1.32. The second kappa shape index (κ2) is 2.97. The van der Waals surface area contributed by atoms with Crippen molar-refractivity contribution in [2.75, 3.05) is 19.0 Å². The van der Waals surface area contributed by atoms with Gasteiger partial charge in [0.15, 0.2) is 11.6 Å². The number of anilines is 1. The minimum absolute atomic E-state index is 0.130. The molecule has 0 saturated heterocycles. The van der Waals surface area contributed by atoms with Crippen molar-refractivity contribution in [3.8, 4) is 5.75 Å². The van der Waals surface area contributed by atoms with Gasteiger partial charge in [0, 0.05) is 14.1 Å². The number of benzene rings is 1. The second-order valence-corrected chi connectivity index (χ2v) is 2.62. The standard InChI is InChI=1S/C8H9F2NO/c1-11(2)8-6(12)4-3-5(9)7(8)10/h3-4,12H,1-2H3. The highest BCUT2D eigenvalue weighted by Crippen LogP contribution is 2.29. The maximum absolute atomic E-state index is 12.9. The van der Waals surface area contributed by atoms with Crippen LogP contribution in [-0.4, -0.2) is 19.2 Å². The average molecular weight is 173 g/mol. The van der Waals surface area contributed by atoms with Crippen molar-refractivity contribution < 1.29 is 13.9 Å². The number of rotatable bonds is 1. The van der Waals surface area contributed by atoms with E-state index in [1.165, 1.54) is 19.0 Å². The van der Waals surface area contributed by atoms with Gasteiger partial charge in [0.05, 0.1) is 0 Å². The molecule has 0 bridgehead atoms. The van der Waals surface area contributed by atoms with E-state index in [-0.39, 0.29) is 11.4 Å². The van der Waals surface area contributed by atoms with Gasteiger partial charge in [0.25, 0.3) is 0 Å². The molecule has 12 heavy (non-hydrogen) atoms. The van der Waals surface area contributed by atoms with Crippen LogP contribution in [0, 0.1) is 11.6 Å². The molecule has 0 aliphatic heterocycles. The largest absolute Gasteiger partial charge is 0.506 e. The first kappa shape index (κ1) is 8.77. The summed E-state index contributed by atoms with van der Waals surface area (Å²) >= 11 is 0. The van der Waals surface area contributed by atoms with Crippen LogP contribution in [0.1, 0.15) is 0 Å². The number of hydrogen-bond donors (Lipinski definition) is 1. The zero-order valence-electron chi connectivity index (χ0n) is 6.81. The summed E-state index contributed by atoms with van der Waals surface area (Å²) in [5.41, 5.74) is -0.130. The molecule has 1 aromatic rings. The molecule has 0 heterocycles. The number of aromatic hydroxyl groups is 1. The first-order valence-corrected chi connectivity index (χ1v) is 3.38. The quantitative estimate of drug-likeness (QED) is 0.699. The molecular formula is C8H9F2NO. The Hall–Kier alpha value is -1.32. The molecule has 1 rings (SSSR count). The van der Waals surface area contributed by atoms with Crippen LogP contribution in [0.25, 0.3) is 0 Å². The van der Waals surface area contributed by atoms with Crippen molar-refractivity contribution in [1.29, 1.82) is 0 Å². The lowest BCUT2D eigenvalue weighted by molar-refractivity contribution is 0.455. The van der Waals surface area contributed by atoms with Gasteiger partial charge in [-0.25, -0.2) is 8.78 Å². The van der Waals surface area contributed by atoms with Gasteiger partial charge in [-0.1, -0.05) is 0 Å². The fourth-order valence-electron chi connectivity index (χ4n) is 0.955. The normalized spacial score (nSPS) is 10.0. The predicted octanol–water partition coefficient (Wildman–Crippen LogP) is 1.74. The Balaban J connectivity index is 3.33. The first-order valence-electron chi connectivity index (χ1n) is 3.38. The molecule has 0 radical (unpaired) electrons. The summed E-state index contributed by atoms with van der Waals surface area (Å²) in [5.74, 6) is -2.25. The van der Waals surface area contributed by atoms with Gasteiger partial charge in [0.2, 0.25) is 0 Å². The third-order valence-corrected chi connectivity index (χ3v) is 1.49. The molecule has 1 aromatic carbocycles. The Bertz CT molecular complexity index is 299. The van der Waals surface area contributed by atoms with E-state index >= 15 is 0 Å². The van der Waals surface area contributed by atoms with Gasteiger partial charge in [-0.05, 0) is 12.1 Å². The van der Waals surface area contributed by atoms with Gasteiger partial charge < -0.3 is 10.0 Å². The minimum Gasteiger partial charge on any atom is -0.506 e. The van der Waals surface area contributed by atoms with Gasteiger partial charge in [-0.3, -0.25) is 0 Å². The zero-order chi connectivity index (χ0) is 9.30. The molecule has 0 aromatic heterocycles. The van der Waals surface area contributed by atoms with Gasteiger partial charge in [0.1, 0.15) is 11.4 Å². The number of halogens is 2. The Morgan fingerprint density at radius 2 is 1.83 bits per heavy atom. The van der Waals surface area contributed by atoms with Crippen LogP contribution in [0.5, 0.6) is 5.75 Å². The van der Waals surface area contributed by atoms with E-state index in [0.717, 1.165) is 12.1 Å². The Morgan fingerprint density at radius 1 is 1.25 bits per heavy atom. The highest BCUT2D eigenvalue weighted by atomic mass is 19.2. The van der Waals surface area contributed by atoms with E-state index in [1.54, 1.807) is 0 Å². The van der Waals surface area contributed by atoms with Gasteiger partial charge in [-0.2, -0.15) is 0 Å². The van der Waals surface area contributed by atoms with Crippen molar-refractivity contribution in [2.45, 2.75) is 0 Å². The third-order valence-electron chi connectivity index (χ3n) is 1.49. The summed E-state index contributed by atoms with van der Waals surface area (Å²) in [4.78, 5) is 1.31. The highest BCUT2D eigenvalue weighted by Gasteiger charge is 2.13. The Labute approximate surface area is 69.0 Å². The SMILES string of the molecule is CN(C)c1c(O)ccc(F)c1F. The van der Waals surface area contributed by atoms with Crippen LogP contribution in [0.3, 0.4) is 0 Å². The first-order chi connectivity index (χ1) is 5.54. The predicted molar refractivity (Wildman–Crippen MR) is 42.3 cm³/mol. The topological polar surface area (TPSA) is 23.5 Å². The highest BCUT2D eigenvalue weighted by molar-refractivity contribution is 5.57. The molecule has 1 N–H and O–H groups in total. The maximum atomic E-state index is 12.9. The molecule has 66 valence electrons. The lowest BCUT2D eigenvalue weighted by atomic mass is 10.2. The van der Waals surface area contributed by atoms with E-state index in [2.05, 4.69) is 0 Å².